The fourth-order valence-electron chi connectivity index (χ4n) is 3.17. The van der Waals surface area contributed by atoms with Crippen molar-refractivity contribution < 1.29 is 9.53 Å². The highest BCUT2D eigenvalue weighted by Gasteiger charge is 2.37. The summed E-state index contributed by atoms with van der Waals surface area (Å²) in [5.41, 5.74) is 0. The van der Waals surface area contributed by atoms with Crippen LogP contribution in [0, 0.1) is 0 Å². The summed E-state index contributed by atoms with van der Waals surface area (Å²) in [5, 5.41) is 3.60. The summed E-state index contributed by atoms with van der Waals surface area (Å²) in [4.78, 5) is 14.0. The van der Waals surface area contributed by atoms with Gasteiger partial charge in [0.25, 0.3) is 0 Å². The molecular formula is C13H24N2O2. The highest BCUT2D eigenvalue weighted by Crippen LogP contribution is 2.28. The predicted octanol–water partition coefficient (Wildman–Crippen LogP) is 1.15. The Morgan fingerprint density at radius 2 is 2.29 bits per heavy atom. The fourth-order valence-corrected chi connectivity index (χ4v) is 3.17. The van der Waals surface area contributed by atoms with Gasteiger partial charge in [0, 0.05) is 24.7 Å². The van der Waals surface area contributed by atoms with E-state index in [0.29, 0.717) is 25.1 Å². The van der Waals surface area contributed by atoms with E-state index in [1.807, 2.05) is 6.92 Å². The molecule has 0 aromatic carbocycles. The van der Waals surface area contributed by atoms with Crippen LogP contribution in [0.2, 0.25) is 0 Å². The Hall–Kier alpha value is -0.610. The maximum absolute atomic E-state index is 11.4. The lowest BCUT2D eigenvalue weighted by atomic mass is 10.1. The van der Waals surface area contributed by atoms with Gasteiger partial charge < -0.3 is 10.1 Å². The van der Waals surface area contributed by atoms with Gasteiger partial charge in [0.1, 0.15) is 0 Å². The van der Waals surface area contributed by atoms with E-state index in [0.717, 1.165) is 0 Å². The van der Waals surface area contributed by atoms with E-state index in [9.17, 15) is 4.79 Å². The third-order valence-electron chi connectivity index (χ3n) is 3.88. The smallest absolute Gasteiger partial charge is 0.307 e. The molecule has 0 amide bonds. The number of carbonyl (C=O) groups excluding carboxylic acids is 1. The van der Waals surface area contributed by atoms with Crippen molar-refractivity contribution in [2.45, 2.75) is 57.7 Å². The highest BCUT2D eigenvalue weighted by atomic mass is 16.5. The van der Waals surface area contributed by atoms with E-state index >= 15 is 0 Å². The number of hydrogen-bond acceptors (Lipinski definition) is 4. The van der Waals surface area contributed by atoms with Crippen LogP contribution in [0.1, 0.15) is 39.5 Å². The molecule has 98 valence electrons. The molecule has 0 aliphatic carbocycles. The summed E-state index contributed by atoms with van der Waals surface area (Å²) in [6.45, 7) is 6.88. The third kappa shape index (κ3) is 3.19. The quantitative estimate of drug-likeness (QED) is 0.732. The predicted molar refractivity (Wildman–Crippen MR) is 66.8 cm³/mol. The number of nitrogens with zero attached hydrogens (tertiary/aromatic N) is 1. The number of hydrogen-bond donors (Lipinski definition) is 1. The Kier molecular flexibility index (Phi) is 4.40. The fraction of sp³-hybridized carbons (Fsp3) is 0.923. The molecule has 0 radical (unpaired) electrons. The molecule has 1 N–H and O–H groups in total. The third-order valence-corrected chi connectivity index (χ3v) is 3.88. The van der Waals surface area contributed by atoms with Crippen molar-refractivity contribution >= 4 is 5.97 Å². The molecule has 0 spiro atoms. The Balaban J connectivity index is 1.75. The number of rotatable bonds is 5. The summed E-state index contributed by atoms with van der Waals surface area (Å²) in [6, 6.07) is 1.50. The second-order valence-electron chi connectivity index (χ2n) is 5.22. The van der Waals surface area contributed by atoms with Crippen molar-refractivity contribution in [3.05, 3.63) is 0 Å². The van der Waals surface area contributed by atoms with Crippen molar-refractivity contribution in [2.75, 3.05) is 19.7 Å². The molecule has 4 nitrogen and oxygen atoms in total. The van der Waals surface area contributed by atoms with E-state index < -0.39 is 0 Å². The number of esters is 1. The lowest BCUT2D eigenvalue weighted by Gasteiger charge is -2.24. The standard InChI is InChI=1S/C13H24N2O2/c1-3-17-13(16)9-10(2)14-11-6-8-15-7-4-5-12(11)15/h10-12,14H,3-9H2,1-2H3. The van der Waals surface area contributed by atoms with E-state index in [4.69, 9.17) is 4.74 Å². The molecule has 3 unspecified atom stereocenters. The van der Waals surface area contributed by atoms with Crippen LogP contribution in [0.4, 0.5) is 0 Å². The maximum atomic E-state index is 11.4. The number of nitrogens with one attached hydrogen (secondary N) is 1. The van der Waals surface area contributed by atoms with Gasteiger partial charge in [-0.25, -0.2) is 0 Å². The van der Waals surface area contributed by atoms with E-state index in [2.05, 4.69) is 17.1 Å². The first-order chi connectivity index (χ1) is 8.20. The van der Waals surface area contributed by atoms with Gasteiger partial charge >= 0.3 is 5.97 Å². The van der Waals surface area contributed by atoms with Crippen LogP contribution in [-0.2, 0) is 9.53 Å². The van der Waals surface area contributed by atoms with Gasteiger partial charge in [-0.1, -0.05) is 0 Å². The Labute approximate surface area is 104 Å². The highest BCUT2D eigenvalue weighted by molar-refractivity contribution is 5.70. The molecule has 4 heteroatoms. The lowest BCUT2D eigenvalue weighted by molar-refractivity contribution is -0.143. The van der Waals surface area contributed by atoms with Crippen LogP contribution < -0.4 is 5.32 Å². The molecule has 0 bridgehead atoms. The largest absolute Gasteiger partial charge is 0.466 e. The van der Waals surface area contributed by atoms with Crippen molar-refractivity contribution in [1.29, 1.82) is 0 Å². The van der Waals surface area contributed by atoms with Crippen molar-refractivity contribution in [2.24, 2.45) is 0 Å². The average Bonchev–Trinajstić information content (AvgIpc) is 2.83. The van der Waals surface area contributed by atoms with E-state index in [1.54, 1.807) is 0 Å². The van der Waals surface area contributed by atoms with Crippen LogP contribution in [0.25, 0.3) is 0 Å². The van der Waals surface area contributed by atoms with Crippen LogP contribution in [-0.4, -0.2) is 48.7 Å². The molecule has 0 saturated carbocycles. The molecule has 2 rings (SSSR count). The molecule has 17 heavy (non-hydrogen) atoms. The van der Waals surface area contributed by atoms with Gasteiger partial charge in [-0.3, -0.25) is 9.69 Å². The van der Waals surface area contributed by atoms with Gasteiger partial charge in [0.05, 0.1) is 13.0 Å². The van der Waals surface area contributed by atoms with E-state index in [1.165, 1.54) is 32.4 Å². The molecular weight excluding hydrogens is 216 g/mol. The zero-order valence-electron chi connectivity index (χ0n) is 10.9. The van der Waals surface area contributed by atoms with Gasteiger partial charge in [0.15, 0.2) is 0 Å². The molecule has 2 aliphatic rings. The summed E-state index contributed by atoms with van der Waals surface area (Å²) in [7, 11) is 0. The van der Waals surface area contributed by atoms with Crippen molar-refractivity contribution in [1.82, 2.24) is 10.2 Å². The first kappa shape index (κ1) is 12.8. The minimum absolute atomic E-state index is 0.0891. The summed E-state index contributed by atoms with van der Waals surface area (Å²) in [6.07, 6.45) is 4.34. The molecule has 2 aliphatic heterocycles. The lowest BCUT2D eigenvalue weighted by Crippen LogP contribution is -2.44. The number of fused-ring (bicyclic) bond motifs is 1. The summed E-state index contributed by atoms with van der Waals surface area (Å²) < 4.78 is 4.97. The number of carbonyl (C=O) groups is 1. The van der Waals surface area contributed by atoms with Crippen LogP contribution >= 0.6 is 0 Å². The second-order valence-corrected chi connectivity index (χ2v) is 5.22. The molecule has 0 aromatic rings. The van der Waals surface area contributed by atoms with Gasteiger partial charge in [-0.05, 0) is 39.7 Å². The Morgan fingerprint density at radius 1 is 1.47 bits per heavy atom. The SMILES string of the molecule is CCOC(=O)CC(C)NC1CCN2CCCC12. The Morgan fingerprint density at radius 3 is 3.06 bits per heavy atom. The molecule has 2 saturated heterocycles. The average molecular weight is 240 g/mol. The van der Waals surface area contributed by atoms with Gasteiger partial charge in [-0.2, -0.15) is 0 Å². The maximum Gasteiger partial charge on any atom is 0.307 e. The Bertz CT molecular complexity index is 270. The first-order valence-corrected chi connectivity index (χ1v) is 6.86. The van der Waals surface area contributed by atoms with Crippen LogP contribution in [0.15, 0.2) is 0 Å². The topological polar surface area (TPSA) is 41.6 Å². The second kappa shape index (κ2) is 5.83. The van der Waals surface area contributed by atoms with Crippen molar-refractivity contribution in [3.63, 3.8) is 0 Å². The zero-order valence-corrected chi connectivity index (χ0v) is 10.9. The molecule has 3 atom stereocenters. The van der Waals surface area contributed by atoms with Gasteiger partial charge in [0.2, 0.25) is 0 Å². The van der Waals surface area contributed by atoms with Crippen LogP contribution in [0.5, 0.6) is 0 Å². The van der Waals surface area contributed by atoms with Crippen LogP contribution in [0.3, 0.4) is 0 Å². The van der Waals surface area contributed by atoms with Crippen molar-refractivity contribution in [3.8, 4) is 0 Å². The molecule has 2 fully saturated rings. The molecule has 2 heterocycles. The molecule has 0 aromatic heterocycles. The summed E-state index contributed by atoms with van der Waals surface area (Å²) >= 11 is 0. The van der Waals surface area contributed by atoms with E-state index in [-0.39, 0.29) is 12.0 Å². The zero-order chi connectivity index (χ0) is 12.3. The normalized spacial score (nSPS) is 30.2. The van der Waals surface area contributed by atoms with Gasteiger partial charge in [-0.15, -0.1) is 0 Å². The minimum Gasteiger partial charge on any atom is -0.466 e. The minimum atomic E-state index is -0.0891. The first-order valence-electron chi connectivity index (χ1n) is 6.86. The number of ether oxygens (including phenoxy) is 1. The summed E-state index contributed by atoms with van der Waals surface area (Å²) in [5.74, 6) is -0.0891. The monoisotopic (exact) mass is 240 g/mol.